The molecule has 0 saturated carbocycles. The lowest BCUT2D eigenvalue weighted by molar-refractivity contribution is -0.114. The second-order valence-electron chi connectivity index (χ2n) is 4.29. The number of carbonyl (C=O) groups is 1. The molecule has 2 N–H and O–H groups in total. The molecular weight excluding hydrogens is 295 g/mol. The molecule has 0 spiro atoms. The van der Waals surface area contributed by atoms with Gasteiger partial charge in [0.05, 0.1) is 15.7 Å². The predicted molar refractivity (Wildman–Crippen MR) is 84.5 cm³/mol. The number of halogens is 2. The Morgan fingerprint density at radius 3 is 2.50 bits per heavy atom. The predicted octanol–water partition coefficient (Wildman–Crippen LogP) is 4.56. The maximum Gasteiger partial charge on any atom is 0.221 e. The Morgan fingerprint density at radius 1 is 1.05 bits per heavy atom. The first-order valence-corrected chi connectivity index (χ1v) is 6.87. The van der Waals surface area contributed by atoms with Crippen LogP contribution in [0.1, 0.15) is 12.5 Å². The number of nitrogens with one attached hydrogen (secondary N) is 2. The van der Waals surface area contributed by atoms with Gasteiger partial charge in [0.25, 0.3) is 0 Å². The van der Waals surface area contributed by atoms with Crippen molar-refractivity contribution in [3.8, 4) is 0 Å². The van der Waals surface area contributed by atoms with Crippen molar-refractivity contribution < 1.29 is 4.79 Å². The summed E-state index contributed by atoms with van der Waals surface area (Å²) in [4.78, 5) is 11.2. The monoisotopic (exact) mass is 308 g/mol. The molecule has 0 saturated heterocycles. The minimum Gasteiger partial charge on any atom is -0.380 e. The minimum atomic E-state index is -0.0989. The summed E-state index contributed by atoms with van der Waals surface area (Å²) in [6.07, 6.45) is 0. The van der Waals surface area contributed by atoms with Crippen LogP contribution in [0.5, 0.6) is 0 Å². The van der Waals surface area contributed by atoms with E-state index >= 15 is 0 Å². The van der Waals surface area contributed by atoms with Crippen molar-refractivity contribution in [1.82, 2.24) is 0 Å². The van der Waals surface area contributed by atoms with Gasteiger partial charge in [-0.25, -0.2) is 0 Å². The van der Waals surface area contributed by atoms with Crippen molar-refractivity contribution in [3.05, 3.63) is 58.1 Å². The zero-order valence-corrected chi connectivity index (χ0v) is 12.4. The summed E-state index contributed by atoms with van der Waals surface area (Å²) in [6, 6.07) is 13.0. The van der Waals surface area contributed by atoms with Crippen LogP contribution >= 0.6 is 23.2 Å². The molecule has 0 atom stereocenters. The van der Waals surface area contributed by atoms with Crippen LogP contribution < -0.4 is 10.6 Å². The fourth-order valence-electron chi connectivity index (χ4n) is 1.82. The van der Waals surface area contributed by atoms with Gasteiger partial charge in [-0.15, -0.1) is 0 Å². The van der Waals surface area contributed by atoms with Crippen LogP contribution in [-0.4, -0.2) is 5.91 Å². The number of rotatable bonds is 4. The van der Waals surface area contributed by atoms with Gasteiger partial charge in [0.2, 0.25) is 5.91 Å². The van der Waals surface area contributed by atoms with Crippen LogP contribution in [0.2, 0.25) is 10.0 Å². The van der Waals surface area contributed by atoms with Crippen LogP contribution in [0.4, 0.5) is 11.4 Å². The van der Waals surface area contributed by atoms with E-state index in [1.807, 2.05) is 36.4 Å². The van der Waals surface area contributed by atoms with E-state index in [4.69, 9.17) is 23.2 Å². The first-order chi connectivity index (χ1) is 9.58. The summed E-state index contributed by atoms with van der Waals surface area (Å²) in [6.45, 7) is 2.02. The fraction of sp³-hybridized carbons (Fsp3) is 0.133. The lowest BCUT2D eigenvalue weighted by atomic mass is 10.1. The van der Waals surface area contributed by atoms with Gasteiger partial charge in [0.1, 0.15) is 0 Å². The number of hydrogen-bond donors (Lipinski definition) is 2. The van der Waals surface area contributed by atoms with Gasteiger partial charge in [-0.2, -0.15) is 0 Å². The van der Waals surface area contributed by atoms with Gasteiger partial charge in [0, 0.05) is 19.2 Å². The third-order valence-corrected chi connectivity index (χ3v) is 3.57. The molecule has 2 aromatic rings. The average Bonchev–Trinajstić information content (AvgIpc) is 2.41. The van der Waals surface area contributed by atoms with Crippen molar-refractivity contribution in [2.24, 2.45) is 0 Å². The molecule has 0 aromatic heterocycles. The molecule has 0 unspecified atom stereocenters. The van der Waals surface area contributed by atoms with Gasteiger partial charge in [-0.3, -0.25) is 4.79 Å². The van der Waals surface area contributed by atoms with Gasteiger partial charge in [-0.05, 0) is 23.8 Å². The van der Waals surface area contributed by atoms with Gasteiger partial charge < -0.3 is 10.6 Å². The quantitative estimate of drug-likeness (QED) is 0.869. The molecule has 0 aliphatic rings. The van der Waals surface area contributed by atoms with Gasteiger partial charge in [-0.1, -0.05) is 47.5 Å². The van der Waals surface area contributed by atoms with E-state index in [2.05, 4.69) is 10.6 Å². The van der Waals surface area contributed by atoms with E-state index in [1.165, 1.54) is 6.92 Å². The van der Waals surface area contributed by atoms with Crippen LogP contribution in [-0.2, 0) is 11.3 Å². The van der Waals surface area contributed by atoms with Crippen molar-refractivity contribution >= 4 is 40.5 Å². The largest absolute Gasteiger partial charge is 0.380 e. The highest BCUT2D eigenvalue weighted by molar-refractivity contribution is 6.43. The Labute approximate surface area is 127 Å². The average molecular weight is 309 g/mol. The second-order valence-corrected chi connectivity index (χ2v) is 5.08. The zero-order chi connectivity index (χ0) is 14.5. The smallest absolute Gasteiger partial charge is 0.221 e. The lowest BCUT2D eigenvalue weighted by Gasteiger charge is -2.13. The molecular formula is C15H14Cl2N2O. The molecule has 0 aliphatic carbocycles. The summed E-state index contributed by atoms with van der Waals surface area (Å²) < 4.78 is 0. The maximum absolute atomic E-state index is 11.2. The summed E-state index contributed by atoms with van der Waals surface area (Å²) in [7, 11) is 0. The molecule has 2 aromatic carbocycles. The zero-order valence-electron chi connectivity index (χ0n) is 10.9. The number of anilines is 2. The van der Waals surface area contributed by atoms with E-state index in [1.54, 1.807) is 6.07 Å². The Bertz CT molecular complexity index is 629. The van der Waals surface area contributed by atoms with E-state index in [9.17, 15) is 4.79 Å². The number of hydrogen-bond acceptors (Lipinski definition) is 2. The minimum absolute atomic E-state index is 0.0989. The molecule has 1 amide bonds. The van der Waals surface area contributed by atoms with Crippen LogP contribution in [0, 0.1) is 0 Å². The van der Waals surface area contributed by atoms with Crippen molar-refractivity contribution in [2.45, 2.75) is 13.5 Å². The normalized spacial score (nSPS) is 10.2. The fourth-order valence-corrected chi connectivity index (χ4v) is 2.18. The molecule has 104 valence electrons. The topological polar surface area (TPSA) is 41.1 Å². The molecule has 0 fully saturated rings. The Kier molecular flexibility index (Phi) is 4.88. The van der Waals surface area contributed by atoms with E-state index in [-0.39, 0.29) is 5.91 Å². The summed E-state index contributed by atoms with van der Waals surface area (Å²) in [5.41, 5.74) is 2.51. The maximum atomic E-state index is 11.2. The van der Waals surface area contributed by atoms with E-state index < -0.39 is 0 Å². The first-order valence-electron chi connectivity index (χ1n) is 6.11. The van der Waals surface area contributed by atoms with Crippen LogP contribution in [0.3, 0.4) is 0 Å². The molecule has 5 heteroatoms. The molecule has 0 aliphatic heterocycles. The molecule has 0 bridgehead atoms. The van der Waals surface area contributed by atoms with Gasteiger partial charge >= 0.3 is 0 Å². The second kappa shape index (κ2) is 6.64. The summed E-state index contributed by atoms with van der Waals surface area (Å²) >= 11 is 12.1. The highest BCUT2D eigenvalue weighted by Crippen LogP contribution is 2.30. The molecule has 2 rings (SSSR count). The SMILES string of the molecule is CC(=O)Nc1ccccc1CNc1cccc(Cl)c1Cl. The van der Waals surface area contributed by atoms with Crippen molar-refractivity contribution in [2.75, 3.05) is 10.6 Å². The van der Waals surface area contributed by atoms with Crippen molar-refractivity contribution in [3.63, 3.8) is 0 Å². The van der Waals surface area contributed by atoms with Gasteiger partial charge in [0.15, 0.2) is 0 Å². The number of benzene rings is 2. The van der Waals surface area contributed by atoms with E-state index in [0.717, 1.165) is 16.9 Å². The highest BCUT2D eigenvalue weighted by atomic mass is 35.5. The standard InChI is InChI=1S/C15H14Cl2N2O/c1-10(20)19-13-7-3-2-5-11(13)9-18-14-8-4-6-12(16)15(14)17/h2-8,18H,9H2,1H3,(H,19,20). The summed E-state index contributed by atoms with van der Waals surface area (Å²) in [5.74, 6) is -0.0989. The molecule has 20 heavy (non-hydrogen) atoms. The Morgan fingerprint density at radius 2 is 1.75 bits per heavy atom. The molecule has 0 heterocycles. The Balaban J connectivity index is 2.15. The number of amides is 1. The third kappa shape index (κ3) is 3.65. The first kappa shape index (κ1) is 14.7. The van der Waals surface area contributed by atoms with Crippen LogP contribution in [0.15, 0.2) is 42.5 Å². The summed E-state index contributed by atoms with van der Waals surface area (Å²) in [5, 5.41) is 7.01. The number of carbonyl (C=O) groups excluding carboxylic acids is 1. The van der Waals surface area contributed by atoms with Crippen LogP contribution in [0.25, 0.3) is 0 Å². The number of para-hydroxylation sites is 1. The Hall–Kier alpha value is -1.71. The third-order valence-electron chi connectivity index (χ3n) is 2.75. The lowest BCUT2D eigenvalue weighted by Crippen LogP contribution is -2.10. The molecule has 0 radical (unpaired) electrons. The van der Waals surface area contributed by atoms with E-state index in [0.29, 0.717) is 16.6 Å². The van der Waals surface area contributed by atoms with Crippen molar-refractivity contribution in [1.29, 1.82) is 0 Å². The highest BCUT2D eigenvalue weighted by Gasteiger charge is 2.06. The molecule has 3 nitrogen and oxygen atoms in total.